The number of hydrogen-bond acceptors (Lipinski definition) is 4. The van der Waals surface area contributed by atoms with Crippen LogP contribution in [0.25, 0.3) is 0 Å². The third kappa shape index (κ3) is 4.50. The Morgan fingerprint density at radius 2 is 2.00 bits per heavy atom. The van der Waals surface area contributed by atoms with Gasteiger partial charge in [-0.15, -0.1) is 12.4 Å². The fraction of sp³-hybridized carbons (Fsp3) is 0.417. The third-order valence-electron chi connectivity index (χ3n) is 2.70. The second kappa shape index (κ2) is 7.06. The Morgan fingerprint density at radius 1 is 1.42 bits per heavy atom. The molecule has 1 aromatic carbocycles. The van der Waals surface area contributed by atoms with Gasteiger partial charge in [0.15, 0.2) is 0 Å². The lowest BCUT2D eigenvalue weighted by Crippen LogP contribution is -2.39. The van der Waals surface area contributed by atoms with Gasteiger partial charge in [0, 0.05) is 11.6 Å². The number of halogens is 1. The van der Waals surface area contributed by atoms with E-state index in [1.807, 2.05) is 0 Å². The first kappa shape index (κ1) is 17.3. The summed E-state index contributed by atoms with van der Waals surface area (Å²) in [5, 5.41) is 13.5. The number of nitrogens with two attached hydrogens (primary N) is 1. The van der Waals surface area contributed by atoms with Crippen LogP contribution in [0.3, 0.4) is 0 Å². The van der Waals surface area contributed by atoms with Gasteiger partial charge >= 0.3 is 0 Å². The van der Waals surface area contributed by atoms with Gasteiger partial charge in [0.05, 0.1) is 17.0 Å². The molecule has 0 radical (unpaired) electrons. The Labute approximate surface area is 117 Å². The summed E-state index contributed by atoms with van der Waals surface area (Å²) < 4.78 is 0. The van der Waals surface area contributed by atoms with Crippen LogP contribution in [-0.2, 0) is 4.79 Å². The zero-order valence-electron chi connectivity index (χ0n) is 11.0. The fourth-order valence-electron chi connectivity index (χ4n) is 1.52. The van der Waals surface area contributed by atoms with Gasteiger partial charge < -0.3 is 11.1 Å². The van der Waals surface area contributed by atoms with Gasteiger partial charge in [-0.2, -0.15) is 0 Å². The van der Waals surface area contributed by atoms with Crippen molar-refractivity contribution in [1.82, 2.24) is 5.32 Å². The van der Waals surface area contributed by atoms with Crippen molar-refractivity contribution < 1.29 is 9.72 Å². The highest BCUT2D eigenvalue weighted by atomic mass is 35.5. The highest BCUT2D eigenvalue weighted by molar-refractivity contribution is 5.85. The Balaban J connectivity index is 0.00000324. The average Bonchev–Trinajstić information content (AvgIpc) is 2.28. The molecule has 0 aliphatic rings. The number of rotatable bonds is 4. The van der Waals surface area contributed by atoms with Crippen molar-refractivity contribution in [1.29, 1.82) is 0 Å². The molecule has 0 bridgehead atoms. The summed E-state index contributed by atoms with van der Waals surface area (Å²) in [6, 6.07) is 3.98. The van der Waals surface area contributed by atoms with Crippen LogP contribution in [0.1, 0.15) is 31.0 Å². The molecule has 0 fully saturated rings. The number of aryl methyl sites for hydroxylation is 1. The first-order chi connectivity index (χ1) is 8.32. The molecule has 1 aromatic rings. The summed E-state index contributed by atoms with van der Waals surface area (Å²) in [7, 11) is 0. The Kier molecular flexibility index (Phi) is 6.44. The molecule has 0 saturated heterocycles. The summed E-state index contributed by atoms with van der Waals surface area (Å²) in [6.45, 7) is 5.02. The predicted molar refractivity (Wildman–Crippen MR) is 75.3 cm³/mol. The molecular formula is C12H18ClN3O3. The molecule has 106 valence electrons. The van der Waals surface area contributed by atoms with Crippen molar-refractivity contribution in [2.45, 2.75) is 32.9 Å². The van der Waals surface area contributed by atoms with E-state index in [1.54, 1.807) is 32.9 Å². The standard InChI is InChI=1S/C12H17N3O3.ClH/c1-7-4-5-10(6-11(7)15(17)18)9(3)14-12(16)8(2)13;/h4-6,8-9H,13H2,1-3H3,(H,14,16);1H/t8-,9?;/m1./s1. The minimum Gasteiger partial charge on any atom is -0.348 e. The van der Waals surface area contributed by atoms with Gasteiger partial charge in [0.25, 0.3) is 5.69 Å². The van der Waals surface area contributed by atoms with E-state index in [2.05, 4.69) is 5.32 Å². The van der Waals surface area contributed by atoms with Crippen molar-refractivity contribution in [3.63, 3.8) is 0 Å². The maximum Gasteiger partial charge on any atom is 0.272 e. The molecule has 0 spiro atoms. The smallest absolute Gasteiger partial charge is 0.272 e. The van der Waals surface area contributed by atoms with E-state index in [1.165, 1.54) is 6.07 Å². The molecule has 0 aliphatic heterocycles. The molecule has 1 unspecified atom stereocenters. The number of amides is 1. The van der Waals surface area contributed by atoms with Crippen molar-refractivity contribution in [3.8, 4) is 0 Å². The van der Waals surface area contributed by atoms with Crippen molar-refractivity contribution in [2.75, 3.05) is 0 Å². The van der Waals surface area contributed by atoms with E-state index < -0.39 is 11.0 Å². The van der Waals surface area contributed by atoms with E-state index in [4.69, 9.17) is 5.73 Å². The van der Waals surface area contributed by atoms with E-state index in [9.17, 15) is 14.9 Å². The first-order valence-electron chi connectivity index (χ1n) is 5.63. The van der Waals surface area contributed by atoms with Gasteiger partial charge in [-0.1, -0.05) is 12.1 Å². The topological polar surface area (TPSA) is 98.3 Å². The average molecular weight is 288 g/mol. The molecule has 0 aromatic heterocycles. The maximum atomic E-state index is 11.4. The van der Waals surface area contributed by atoms with Crippen LogP contribution >= 0.6 is 12.4 Å². The third-order valence-corrected chi connectivity index (χ3v) is 2.70. The molecule has 7 heteroatoms. The Hall–Kier alpha value is -1.66. The minimum absolute atomic E-state index is 0. The van der Waals surface area contributed by atoms with E-state index in [-0.39, 0.29) is 30.0 Å². The monoisotopic (exact) mass is 287 g/mol. The van der Waals surface area contributed by atoms with Gasteiger partial charge in [-0.25, -0.2) is 0 Å². The molecule has 1 amide bonds. The molecule has 19 heavy (non-hydrogen) atoms. The molecule has 6 nitrogen and oxygen atoms in total. The zero-order chi connectivity index (χ0) is 13.9. The van der Waals surface area contributed by atoms with Crippen LogP contribution < -0.4 is 11.1 Å². The van der Waals surface area contributed by atoms with E-state index >= 15 is 0 Å². The normalized spacial score (nSPS) is 13.1. The van der Waals surface area contributed by atoms with Gasteiger partial charge in [-0.3, -0.25) is 14.9 Å². The number of carbonyl (C=O) groups excluding carboxylic acids is 1. The Morgan fingerprint density at radius 3 is 2.47 bits per heavy atom. The number of nitro benzene ring substituents is 1. The van der Waals surface area contributed by atoms with Crippen LogP contribution in [0.4, 0.5) is 5.69 Å². The largest absolute Gasteiger partial charge is 0.348 e. The summed E-state index contributed by atoms with van der Waals surface area (Å²) in [6.07, 6.45) is 0. The fourth-order valence-corrected chi connectivity index (χ4v) is 1.52. The predicted octanol–water partition coefficient (Wildman–Crippen LogP) is 1.85. The lowest BCUT2D eigenvalue weighted by molar-refractivity contribution is -0.385. The van der Waals surface area contributed by atoms with Crippen molar-refractivity contribution in [2.24, 2.45) is 5.73 Å². The minimum atomic E-state index is -0.604. The molecular weight excluding hydrogens is 270 g/mol. The summed E-state index contributed by atoms with van der Waals surface area (Å²) >= 11 is 0. The second-order valence-corrected chi connectivity index (χ2v) is 4.32. The van der Waals surface area contributed by atoms with Crippen LogP contribution in [-0.4, -0.2) is 16.9 Å². The molecule has 0 saturated carbocycles. The van der Waals surface area contributed by atoms with Gasteiger partial charge in [-0.05, 0) is 26.3 Å². The number of hydrogen-bond donors (Lipinski definition) is 2. The number of carbonyl (C=O) groups is 1. The maximum absolute atomic E-state index is 11.4. The van der Waals surface area contributed by atoms with E-state index in [0.717, 1.165) is 0 Å². The number of benzene rings is 1. The molecule has 1 rings (SSSR count). The SMILES string of the molecule is Cc1ccc(C(C)NC(=O)[C@@H](C)N)cc1[N+](=O)[O-].Cl. The van der Waals surface area contributed by atoms with Crippen molar-refractivity contribution >= 4 is 24.0 Å². The molecule has 3 N–H and O–H groups in total. The lowest BCUT2D eigenvalue weighted by Gasteiger charge is -2.16. The summed E-state index contributed by atoms with van der Waals surface area (Å²) in [4.78, 5) is 21.8. The number of nitrogens with one attached hydrogen (secondary N) is 1. The van der Waals surface area contributed by atoms with E-state index in [0.29, 0.717) is 11.1 Å². The van der Waals surface area contributed by atoms with Crippen LogP contribution in [0.2, 0.25) is 0 Å². The first-order valence-corrected chi connectivity index (χ1v) is 5.63. The van der Waals surface area contributed by atoms with Crippen LogP contribution in [0.15, 0.2) is 18.2 Å². The highest BCUT2D eigenvalue weighted by Crippen LogP contribution is 2.23. The quantitative estimate of drug-likeness (QED) is 0.652. The second-order valence-electron chi connectivity index (χ2n) is 4.32. The van der Waals surface area contributed by atoms with Gasteiger partial charge in [0.2, 0.25) is 5.91 Å². The van der Waals surface area contributed by atoms with Crippen molar-refractivity contribution in [3.05, 3.63) is 39.4 Å². The van der Waals surface area contributed by atoms with Crippen LogP contribution in [0, 0.1) is 17.0 Å². The summed E-state index contributed by atoms with van der Waals surface area (Å²) in [5.74, 6) is -0.286. The molecule has 0 heterocycles. The number of nitro groups is 1. The Bertz CT molecular complexity index is 477. The highest BCUT2D eigenvalue weighted by Gasteiger charge is 2.16. The number of nitrogens with zero attached hydrogens (tertiary/aromatic N) is 1. The zero-order valence-corrected chi connectivity index (χ0v) is 11.9. The lowest BCUT2D eigenvalue weighted by atomic mass is 10.0. The summed E-state index contributed by atoms with van der Waals surface area (Å²) in [5.41, 5.74) is 6.77. The molecule has 2 atom stereocenters. The van der Waals surface area contributed by atoms with Gasteiger partial charge in [0.1, 0.15) is 0 Å². The van der Waals surface area contributed by atoms with Crippen LogP contribution in [0.5, 0.6) is 0 Å². The molecule has 0 aliphatic carbocycles.